The van der Waals surface area contributed by atoms with Crippen molar-refractivity contribution in [3.63, 3.8) is 0 Å². The van der Waals surface area contributed by atoms with Gasteiger partial charge in [0.2, 0.25) is 0 Å². The first-order valence-corrected chi connectivity index (χ1v) is 12.1. The Kier molecular flexibility index (Phi) is 7.79. The van der Waals surface area contributed by atoms with Crippen LogP contribution in [0, 0.1) is 0 Å². The molecule has 5 aromatic carbocycles. The van der Waals surface area contributed by atoms with E-state index in [9.17, 15) is 4.57 Å². The highest BCUT2D eigenvalue weighted by molar-refractivity contribution is 7.61. The quantitative estimate of drug-likeness (QED) is 0.259. The van der Waals surface area contributed by atoms with E-state index in [1.54, 1.807) is 0 Å². The van der Waals surface area contributed by atoms with Crippen LogP contribution in [-0.4, -0.2) is 0 Å². The molecule has 5 aromatic rings. The minimum absolute atomic E-state index is 0.883. The van der Waals surface area contributed by atoms with Gasteiger partial charge in [0, 0.05) is 27.7 Å². The lowest BCUT2D eigenvalue weighted by atomic mass is 10.2. The third-order valence-corrected chi connectivity index (χ3v) is 6.56. The van der Waals surface area contributed by atoms with Crippen molar-refractivity contribution >= 4 is 35.5 Å². The second kappa shape index (κ2) is 11.6. The van der Waals surface area contributed by atoms with Gasteiger partial charge in [-0.3, -0.25) is 4.57 Å². The molecule has 0 aliphatic carbocycles. The highest BCUT2D eigenvalue weighted by Gasteiger charge is 2.10. The second-order valence-electron chi connectivity index (χ2n) is 7.31. The lowest BCUT2D eigenvalue weighted by Gasteiger charge is -2.25. The number of hydrogen-bond acceptors (Lipinski definition) is 2. The summed E-state index contributed by atoms with van der Waals surface area (Å²) in [6.07, 6.45) is 0. The van der Waals surface area contributed by atoms with Gasteiger partial charge >= 0.3 is 0 Å². The van der Waals surface area contributed by atoms with Gasteiger partial charge in [0.1, 0.15) is 7.80 Å². The van der Waals surface area contributed by atoms with E-state index in [1.807, 2.05) is 78.9 Å². The minimum atomic E-state index is -1.42. The molecule has 0 atom stereocenters. The van der Waals surface area contributed by atoms with Crippen LogP contribution in [0.1, 0.15) is 0 Å². The van der Waals surface area contributed by atoms with Crippen molar-refractivity contribution < 1.29 is 4.57 Å². The van der Waals surface area contributed by atoms with Crippen molar-refractivity contribution in [2.75, 3.05) is 4.90 Å². The Morgan fingerprint density at radius 3 is 0.879 bits per heavy atom. The molecular formula is C30H25NOP. The smallest absolute Gasteiger partial charge is 0.136 e. The number of benzene rings is 5. The lowest BCUT2D eigenvalue weighted by molar-refractivity contribution is 0.598. The third kappa shape index (κ3) is 6.04. The van der Waals surface area contributed by atoms with E-state index in [4.69, 9.17) is 0 Å². The van der Waals surface area contributed by atoms with Crippen molar-refractivity contribution in [3.05, 3.63) is 152 Å². The summed E-state index contributed by atoms with van der Waals surface area (Å²) in [5.74, 6) is 0. The highest BCUT2D eigenvalue weighted by atomic mass is 31.1. The Labute approximate surface area is 196 Å². The predicted molar refractivity (Wildman–Crippen MR) is 141 cm³/mol. The molecule has 2 nitrogen and oxygen atoms in total. The van der Waals surface area contributed by atoms with Crippen LogP contribution in [0.3, 0.4) is 0 Å². The molecule has 0 saturated heterocycles. The molecule has 0 amide bonds. The van der Waals surface area contributed by atoms with Crippen LogP contribution < -0.4 is 15.5 Å². The summed E-state index contributed by atoms with van der Waals surface area (Å²) in [6, 6.07) is 50.3. The van der Waals surface area contributed by atoms with Gasteiger partial charge in [-0.25, -0.2) is 0 Å². The molecule has 0 aliphatic heterocycles. The summed E-state index contributed by atoms with van der Waals surface area (Å²) >= 11 is 0. The lowest BCUT2D eigenvalue weighted by Crippen LogP contribution is -2.09. The highest BCUT2D eigenvalue weighted by Crippen LogP contribution is 2.33. The maximum Gasteiger partial charge on any atom is 0.136 e. The number of nitrogens with zero attached hydrogens (tertiary/aromatic N) is 1. The van der Waals surface area contributed by atoms with Crippen LogP contribution in [-0.2, 0) is 4.57 Å². The molecule has 161 valence electrons. The molecule has 0 spiro atoms. The van der Waals surface area contributed by atoms with Crippen LogP contribution >= 0.6 is 7.80 Å². The number of hydrogen-bond donors (Lipinski definition) is 0. The zero-order valence-electron chi connectivity index (χ0n) is 18.2. The monoisotopic (exact) mass is 446 g/mol. The van der Waals surface area contributed by atoms with E-state index >= 15 is 0 Å². The maximum absolute atomic E-state index is 12.0. The summed E-state index contributed by atoms with van der Waals surface area (Å²) in [5.41, 5.74) is 3.50. The average Bonchev–Trinajstić information content (AvgIpc) is 2.92. The first-order valence-electron chi connectivity index (χ1n) is 10.9. The largest absolute Gasteiger partial charge is 0.311 e. The summed E-state index contributed by atoms with van der Waals surface area (Å²) < 4.78 is 12.0. The normalized spacial score (nSPS) is 9.94. The van der Waals surface area contributed by atoms with Crippen molar-refractivity contribution in [2.24, 2.45) is 0 Å². The Bertz CT molecular complexity index is 1110. The summed E-state index contributed by atoms with van der Waals surface area (Å²) in [4.78, 5) is 2.25. The number of para-hydroxylation sites is 3. The van der Waals surface area contributed by atoms with Crippen molar-refractivity contribution in [1.82, 2.24) is 0 Å². The topological polar surface area (TPSA) is 20.3 Å². The van der Waals surface area contributed by atoms with Crippen LogP contribution in [0.2, 0.25) is 0 Å². The summed E-state index contributed by atoms with van der Waals surface area (Å²) in [6.45, 7) is 0. The molecule has 0 aromatic heterocycles. The first kappa shape index (κ1) is 22.2. The molecule has 1 radical (unpaired) electrons. The third-order valence-electron chi connectivity index (χ3n) is 5.02. The Hall–Kier alpha value is -4.00. The molecule has 0 unspecified atom stereocenters. The van der Waals surface area contributed by atoms with Gasteiger partial charge in [-0.2, -0.15) is 0 Å². The van der Waals surface area contributed by atoms with Crippen molar-refractivity contribution in [3.8, 4) is 0 Å². The fourth-order valence-electron chi connectivity index (χ4n) is 3.45. The maximum atomic E-state index is 12.0. The van der Waals surface area contributed by atoms with Crippen LogP contribution in [0.5, 0.6) is 0 Å². The van der Waals surface area contributed by atoms with Gasteiger partial charge in [-0.05, 0) is 60.7 Å². The molecule has 0 fully saturated rings. The van der Waals surface area contributed by atoms with Gasteiger partial charge in [0.25, 0.3) is 0 Å². The molecule has 33 heavy (non-hydrogen) atoms. The predicted octanol–water partition coefficient (Wildman–Crippen LogP) is 7.62. The Balaban J connectivity index is 0.000000165. The second-order valence-corrected chi connectivity index (χ2v) is 8.93. The SMILES string of the molecule is O=[P](c1ccccc1)c1ccccc1.c1ccc(N(c2ccccc2)c2ccccc2)cc1. The van der Waals surface area contributed by atoms with Gasteiger partial charge in [0.05, 0.1) is 0 Å². The molecule has 0 N–H and O–H groups in total. The zero-order valence-corrected chi connectivity index (χ0v) is 19.1. The number of rotatable bonds is 5. The summed E-state index contributed by atoms with van der Waals surface area (Å²) in [5, 5.41) is 1.77. The van der Waals surface area contributed by atoms with E-state index in [2.05, 4.69) is 77.7 Å². The van der Waals surface area contributed by atoms with Crippen molar-refractivity contribution in [2.45, 2.75) is 0 Å². The standard InChI is InChI=1S/C18H15N.C12H10OP/c1-4-10-16(11-5-1)19(17-12-6-2-7-13-17)18-14-8-3-9-15-18;13-14(11-7-3-1-4-8-11)12-9-5-2-6-10-12/h1-15H;1-10H. The fourth-order valence-corrected chi connectivity index (χ4v) is 4.64. The van der Waals surface area contributed by atoms with Gasteiger partial charge in [-0.15, -0.1) is 0 Å². The van der Waals surface area contributed by atoms with Crippen LogP contribution in [0.15, 0.2) is 152 Å². The van der Waals surface area contributed by atoms with E-state index in [0.717, 1.165) is 10.6 Å². The molecule has 3 heteroatoms. The Morgan fingerprint density at radius 1 is 0.364 bits per heavy atom. The molecule has 0 aliphatic rings. The first-order chi connectivity index (χ1) is 16.3. The van der Waals surface area contributed by atoms with Gasteiger partial charge in [-0.1, -0.05) is 91.0 Å². The zero-order chi connectivity index (χ0) is 22.7. The van der Waals surface area contributed by atoms with Gasteiger partial charge in [0.15, 0.2) is 0 Å². The Morgan fingerprint density at radius 2 is 0.606 bits per heavy atom. The molecule has 5 rings (SSSR count). The van der Waals surface area contributed by atoms with E-state index < -0.39 is 7.80 Å². The van der Waals surface area contributed by atoms with E-state index in [1.165, 1.54) is 17.1 Å². The van der Waals surface area contributed by atoms with Crippen LogP contribution in [0.4, 0.5) is 17.1 Å². The average molecular weight is 447 g/mol. The summed E-state index contributed by atoms with van der Waals surface area (Å²) in [7, 11) is -1.42. The van der Waals surface area contributed by atoms with E-state index in [-0.39, 0.29) is 0 Å². The number of anilines is 3. The molecule has 0 saturated carbocycles. The molecule has 0 heterocycles. The molecular weight excluding hydrogens is 421 g/mol. The fraction of sp³-hybridized carbons (Fsp3) is 0. The van der Waals surface area contributed by atoms with E-state index in [0.29, 0.717) is 0 Å². The van der Waals surface area contributed by atoms with Crippen molar-refractivity contribution in [1.29, 1.82) is 0 Å². The van der Waals surface area contributed by atoms with Crippen LogP contribution in [0.25, 0.3) is 0 Å². The molecule has 0 bridgehead atoms. The minimum Gasteiger partial charge on any atom is -0.311 e. The van der Waals surface area contributed by atoms with Gasteiger partial charge < -0.3 is 4.90 Å².